The fraction of sp³-hybridized carbons (Fsp3) is 0.0833. The van der Waals surface area contributed by atoms with Crippen molar-refractivity contribution >= 4 is 39.9 Å². The number of carbonyl (C=O) groups excluding carboxylic acids is 1. The van der Waals surface area contributed by atoms with Crippen LogP contribution >= 0.6 is 22.9 Å². The molecule has 1 amide bonds. The van der Waals surface area contributed by atoms with Crippen LogP contribution in [0.5, 0.6) is 5.75 Å². The lowest BCUT2D eigenvalue weighted by molar-refractivity contribution is -0.118. The Kier molecular flexibility index (Phi) is 4.54. The molecule has 2 aromatic rings. The quantitative estimate of drug-likeness (QED) is 0.885. The van der Waals surface area contributed by atoms with E-state index in [1.54, 1.807) is 11.6 Å². The number of carboxylic acids is 1. The predicted octanol–water partition coefficient (Wildman–Crippen LogP) is 2.51. The monoisotopic (exact) mass is 312 g/mol. The third-order valence-corrected chi connectivity index (χ3v) is 3.14. The molecule has 0 radical (unpaired) electrons. The van der Waals surface area contributed by atoms with Crippen molar-refractivity contribution in [3.63, 3.8) is 0 Å². The number of hydrogen-bond donors (Lipinski definition) is 2. The smallest absolute Gasteiger partial charge is 0.339 e. The highest BCUT2D eigenvalue weighted by Crippen LogP contribution is 2.23. The van der Waals surface area contributed by atoms with Crippen molar-refractivity contribution in [2.24, 2.45) is 0 Å². The zero-order valence-corrected chi connectivity index (χ0v) is 11.6. The molecule has 0 saturated heterocycles. The molecule has 6 nitrogen and oxygen atoms in total. The normalized spacial score (nSPS) is 10.1. The molecule has 0 fully saturated rings. The van der Waals surface area contributed by atoms with Crippen LogP contribution in [0.3, 0.4) is 0 Å². The minimum atomic E-state index is -1.16. The Labute approximate surface area is 123 Å². The summed E-state index contributed by atoms with van der Waals surface area (Å²) in [5.41, 5.74) is -0.0588. The summed E-state index contributed by atoms with van der Waals surface area (Å²) >= 11 is 7.04. The van der Waals surface area contributed by atoms with Crippen LogP contribution in [0.15, 0.2) is 29.8 Å². The van der Waals surface area contributed by atoms with E-state index in [1.165, 1.54) is 29.5 Å². The highest BCUT2D eigenvalue weighted by molar-refractivity contribution is 7.13. The van der Waals surface area contributed by atoms with Crippen LogP contribution in [-0.2, 0) is 4.79 Å². The van der Waals surface area contributed by atoms with E-state index in [-0.39, 0.29) is 17.9 Å². The predicted molar refractivity (Wildman–Crippen MR) is 74.7 cm³/mol. The summed E-state index contributed by atoms with van der Waals surface area (Å²) in [6.07, 6.45) is 1.56. The van der Waals surface area contributed by atoms with E-state index in [2.05, 4.69) is 10.3 Å². The summed E-state index contributed by atoms with van der Waals surface area (Å²) < 4.78 is 5.19. The molecular formula is C12H9ClN2O4S. The molecule has 104 valence electrons. The van der Waals surface area contributed by atoms with E-state index >= 15 is 0 Å². The van der Waals surface area contributed by atoms with Crippen molar-refractivity contribution in [3.8, 4) is 5.75 Å². The maximum absolute atomic E-state index is 11.6. The van der Waals surface area contributed by atoms with Gasteiger partial charge in [0.1, 0.15) is 11.3 Å². The molecule has 0 spiro atoms. The molecule has 0 bridgehead atoms. The lowest BCUT2D eigenvalue weighted by atomic mass is 10.2. The van der Waals surface area contributed by atoms with Crippen molar-refractivity contribution in [2.45, 2.75) is 0 Å². The largest absolute Gasteiger partial charge is 0.483 e. The van der Waals surface area contributed by atoms with Crippen molar-refractivity contribution in [1.29, 1.82) is 0 Å². The van der Waals surface area contributed by atoms with Crippen molar-refractivity contribution in [3.05, 3.63) is 40.4 Å². The maximum atomic E-state index is 11.6. The Morgan fingerprint density at radius 3 is 2.90 bits per heavy atom. The lowest BCUT2D eigenvalue weighted by Crippen LogP contribution is -2.20. The van der Waals surface area contributed by atoms with Gasteiger partial charge in [-0.05, 0) is 18.2 Å². The Balaban J connectivity index is 2.01. The Bertz CT molecular complexity index is 630. The summed E-state index contributed by atoms with van der Waals surface area (Å²) in [6.45, 7) is -0.333. The molecule has 2 N–H and O–H groups in total. The molecule has 0 aliphatic heterocycles. The highest BCUT2D eigenvalue weighted by Gasteiger charge is 2.13. The van der Waals surface area contributed by atoms with E-state index in [4.69, 9.17) is 21.4 Å². The third kappa shape index (κ3) is 3.69. The maximum Gasteiger partial charge on any atom is 0.339 e. The summed E-state index contributed by atoms with van der Waals surface area (Å²) in [5, 5.41) is 14.0. The number of halogens is 1. The first-order valence-electron chi connectivity index (χ1n) is 5.41. The van der Waals surface area contributed by atoms with Gasteiger partial charge in [-0.25, -0.2) is 9.78 Å². The number of aromatic carboxylic acids is 1. The summed E-state index contributed by atoms with van der Waals surface area (Å²) in [5.74, 6) is -1.55. The van der Waals surface area contributed by atoms with E-state index in [9.17, 15) is 9.59 Å². The second-order valence-corrected chi connectivity index (χ2v) is 4.95. The molecule has 20 heavy (non-hydrogen) atoms. The van der Waals surface area contributed by atoms with E-state index in [0.29, 0.717) is 10.2 Å². The molecule has 0 saturated carbocycles. The zero-order chi connectivity index (χ0) is 14.5. The minimum absolute atomic E-state index is 0.0410. The average molecular weight is 313 g/mol. The molecule has 1 aromatic carbocycles. The zero-order valence-electron chi connectivity index (χ0n) is 10.00. The van der Waals surface area contributed by atoms with Gasteiger partial charge in [0.05, 0.1) is 0 Å². The van der Waals surface area contributed by atoms with E-state index in [1.807, 2.05) is 0 Å². The number of carboxylic acid groups (broad SMARTS) is 1. The van der Waals surface area contributed by atoms with Crippen molar-refractivity contribution in [2.75, 3.05) is 11.9 Å². The first-order valence-corrected chi connectivity index (χ1v) is 6.67. The van der Waals surface area contributed by atoms with Gasteiger partial charge < -0.3 is 9.84 Å². The third-order valence-electron chi connectivity index (χ3n) is 2.21. The number of thiazole rings is 1. The second-order valence-electron chi connectivity index (χ2n) is 3.62. The number of hydrogen-bond acceptors (Lipinski definition) is 5. The topological polar surface area (TPSA) is 88.5 Å². The number of aromatic nitrogens is 1. The summed E-state index contributed by atoms with van der Waals surface area (Å²) in [7, 11) is 0. The number of anilines is 1. The molecule has 1 heterocycles. The van der Waals surface area contributed by atoms with Gasteiger partial charge in [-0.2, -0.15) is 0 Å². The van der Waals surface area contributed by atoms with Crippen LogP contribution in [0, 0.1) is 0 Å². The van der Waals surface area contributed by atoms with E-state index in [0.717, 1.165) is 0 Å². The van der Waals surface area contributed by atoms with Crippen LogP contribution in [0.25, 0.3) is 0 Å². The average Bonchev–Trinajstić information content (AvgIpc) is 2.89. The van der Waals surface area contributed by atoms with Crippen LogP contribution < -0.4 is 10.1 Å². The van der Waals surface area contributed by atoms with Gasteiger partial charge in [0, 0.05) is 16.6 Å². The van der Waals surface area contributed by atoms with Gasteiger partial charge in [-0.3, -0.25) is 10.1 Å². The Morgan fingerprint density at radius 2 is 2.25 bits per heavy atom. The molecule has 8 heteroatoms. The van der Waals surface area contributed by atoms with Crippen LogP contribution in [-0.4, -0.2) is 28.6 Å². The van der Waals surface area contributed by atoms with Gasteiger partial charge in [-0.1, -0.05) is 11.6 Å². The van der Waals surface area contributed by atoms with Crippen molar-refractivity contribution < 1.29 is 19.4 Å². The van der Waals surface area contributed by atoms with E-state index < -0.39 is 11.9 Å². The number of rotatable bonds is 5. The minimum Gasteiger partial charge on any atom is -0.483 e. The second kappa shape index (κ2) is 6.36. The standard InChI is InChI=1S/C12H9ClN2O4S/c13-7-1-2-8(11(17)18)9(5-7)19-6-10(16)15-12-14-3-4-20-12/h1-5H,6H2,(H,17,18)(H,14,15,16). The number of nitrogens with zero attached hydrogens (tertiary/aromatic N) is 1. The number of nitrogens with one attached hydrogen (secondary N) is 1. The number of amides is 1. The molecule has 0 unspecified atom stereocenters. The molecule has 0 atom stereocenters. The van der Waals surface area contributed by atoms with Gasteiger partial charge in [-0.15, -0.1) is 11.3 Å². The number of benzene rings is 1. The SMILES string of the molecule is O=C(COc1cc(Cl)ccc1C(=O)O)Nc1nccs1. The molecule has 2 rings (SSSR count). The first-order chi connectivity index (χ1) is 9.56. The fourth-order valence-corrected chi connectivity index (χ4v) is 2.08. The summed E-state index contributed by atoms with van der Waals surface area (Å²) in [6, 6.07) is 4.11. The highest BCUT2D eigenvalue weighted by atomic mass is 35.5. The fourth-order valence-electron chi connectivity index (χ4n) is 1.38. The number of carbonyl (C=O) groups is 2. The van der Waals surface area contributed by atoms with Crippen LogP contribution in [0.4, 0.5) is 5.13 Å². The van der Waals surface area contributed by atoms with Crippen molar-refractivity contribution in [1.82, 2.24) is 4.98 Å². The van der Waals surface area contributed by atoms with Gasteiger partial charge in [0.2, 0.25) is 0 Å². The van der Waals surface area contributed by atoms with Gasteiger partial charge >= 0.3 is 5.97 Å². The Hall–Kier alpha value is -2.12. The van der Waals surface area contributed by atoms with Crippen LogP contribution in [0.2, 0.25) is 5.02 Å². The molecule has 0 aliphatic carbocycles. The Morgan fingerprint density at radius 1 is 1.45 bits per heavy atom. The van der Waals surface area contributed by atoms with Gasteiger partial charge in [0.25, 0.3) is 5.91 Å². The molecular weight excluding hydrogens is 304 g/mol. The lowest BCUT2D eigenvalue weighted by Gasteiger charge is -2.09. The van der Waals surface area contributed by atoms with Crippen LogP contribution in [0.1, 0.15) is 10.4 Å². The number of ether oxygens (including phenoxy) is 1. The molecule has 0 aliphatic rings. The first kappa shape index (κ1) is 14.3. The van der Waals surface area contributed by atoms with Gasteiger partial charge in [0.15, 0.2) is 11.7 Å². The summed E-state index contributed by atoms with van der Waals surface area (Å²) in [4.78, 5) is 26.5. The molecule has 1 aromatic heterocycles.